The van der Waals surface area contributed by atoms with Crippen LogP contribution in [0.4, 0.5) is 15.5 Å². The molecule has 4 N–H and O–H groups in total. The number of esters is 2. The van der Waals surface area contributed by atoms with E-state index in [1.54, 1.807) is 13.8 Å². The van der Waals surface area contributed by atoms with E-state index in [0.717, 1.165) is 10.4 Å². The number of benzene rings is 1. The van der Waals surface area contributed by atoms with E-state index in [4.69, 9.17) is 15.2 Å². The number of amides is 3. The fourth-order valence-corrected chi connectivity index (χ4v) is 3.44. The van der Waals surface area contributed by atoms with Crippen molar-refractivity contribution < 1.29 is 28.7 Å². The molecule has 3 amide bonds. The zero-order valence-corrected chi connectivity index (χ0v) is 17.0. The van der Waals surface area contributed by atoms with Gasteiger partial charge < -0.3 is 25.8 Å². The molecule has 0 aliphatic heterocycles. The van der Waals surface area contributed by atoms with Crippen LogP contribution >= 0.6 is 11.3 Å². The fraction of sp³-hybridized carbons (Fsp3) is 0.263. The van der Waals surface area contributed by atoms with Crippen molar-refractivity contribution in [2.24, 2.45) is 5.73 Å². The Morgan fingerprint density at radius 2 is 1.66 bits per heavy atom. The quantitative estimate of drug-likeness (QED) is 0.590. The lowest BCUT2D eigenvalue weighted by Crippen LogP contribution is -2.22. The topological polar surface area (TPSA) is 137 Å². The number of carbonyl (C=O) groups excluding carboxylic acids is 4. The van der Waals surface area contributed by atoms with Crippen molar-refractivity contribution in [1.29, 1.82) is 0 Å². The van der Waals surface area contributed by atoms with Gasteiger partial charge in [0.2, 0.25) is 0 Å². The van der Waals surface area contributed by atoms with E-state index in [1.165, 1.54) is 35.6 Å². The van der Waals surface area contributed by atoms with Gasteiger partial charge in [-0.2, -0.15) is 0 Å². The van der Waals surface area contributed by atoms with E-state index >= 15 is 0 Å². The normalized spacial score (nSPS) is 10.2. The first kappa shape index (κ1) is 21.9. The van der Waals surface area contributed by atoms with E-state index in [9.17, 15) is 19.2 Å². The molecule has 0 saturated carbocycles. The predicted octanol–water partition coefficient (Wildman–Crippen LogP) is 2.83. The number of ether oxygens (including phenoxy) is 2. The molecule has 0 fully saturated rings. The monoisotopic (exact) mass is 419 g/mol. The van der Waals surface area contributed by atoms with E-state index < -0.39 is 30.5 Å². The molecule has 2 aromatic rings. The number of anilines is 2. The summed E-state index contributed by atoms with van der Waals surface area (Å²) in [5, 5.41) is 5.30. The minimum Gasteiger partial charge on any atom is -0.462 e. The molecule has 0 unspecified atom stereocenters. The summed E-state index contributed by atoms with van der Waals surface area (Å²) in [5.74, 6) is -1.82. The van der Waals surface area contributed by atoms with Crippen LogP contribution in [0.2, 0.25) is 0 Å². The first-order valence-electron chi connectivity index (χ1n) is 8.63. The van der Waals surface area contributed by atoms with Crippen LogP contribution in [0.15, 0.2) is 24.3 Å². The summed E-state index contributed by atoms with van der Waals surface area (Å²) in [7, 11) is 0. The Labute approximate surface area is 171 Å². The van der Waals surface area contributed by atoms with Gasteiger partial charge in [0.1, 0.15) is 5.00 Å². The van der Waals surface area contributed by atoms with Crippen LogP contribution in [0.5, 0.6) is 0 Å². The van der Waals surface area contributed by atoms with Crippen molar-refractivity contribution >= 4 is 45.9 Å². The molecule has 0 bridgehead atoms. The zero-order valence-electron chi connectivity index (χ0n) is 16.2. The third-order valence-corrected chi connectivity index (χ3v) is 4.96. The Morgan fingerprint density at radius 3 is 2.24 bits per heavy atom. The van der Waals surface area contributed by atoms with Gasteiger partial charge in [0, 0.05) is 10.6 Å². The highest BCUT2D eigenvalue weighted by molar-refractivity contribution is 7.16. The SMILES string of the molecule is CCOC(=O)c1c(NC(=O)COC(=O)c2ccc(NC(N)=O)cc2)sc(C)c1C. The summed E-state index contributed by atoms with van der Waals surface area (Å²) >= 11 is 1.24. The Balaban J connectivity index is 1.98. The molecule has 0 aliphatic carbocycles. The summed E-state index contributed by atoms with van der Waals surface area (Å²) in [6.07, 6.45) is 0. The minimum absolute atomic E-state index is 0.197. The summed E-state index contributed by atoms with van der Waals surface area (Å²) in [4.78, 5) is 48.0. The summed E-state index contributed by atoms with van der Waals surface area (Å²) in [6, 6.07) is 5.08. The van der Waals surface area contributed by atoms with Crippen LogP contribution in [-0.2, 0) is 14.3 Å². The van der Waals surface area contributed by atoms with E-state index in [-0.39, 0.29) is 12.2 Å². The number of primary amides is 1. The van der Waals surface area contributed by atoms with Crippen molar-refractivity contribution in [2.45, 2.75) is 20.8 Å². The zero-order chi connectivity index (χ0) is 21.6. The second kappa shape index (κ2) is 9.69. The number of hydrogen-bond acceptors (Lipinski definition) is 7. The second-order valence-corrected chi connectivity index (χ2v) is 7.12. The van der Waals surface area contributed by atoms with Crippen LogP contribution < -0.4 is 16.4 Å². The van der Waals surface area contributed by atoms with Crippen molar-refractivity contribution in [3.05, 3.63) is 45.8 Å². The van der Waals surface area contributed by atoms with Crippen LogP contribution in [0.25, 0.3) is 0 Å². The smallest absolute Gasteiger partial charge is 0.341 e. The molecule has 29 heavy (non-hydrogen) atoms. The molecule has 0 aliphatic rings. The molecule has 9 nitrogen and oxygen atoms in total. The fourth-order valence-electron chi connectivity index (χ4n) is 2.37. The van der Waals surface area contributed by atoms with Crippen LogP contribution in [0, 0.1) is 13.8 Å². The lowest BCUT2D eigenvalue weighted by molar-refractivity contribution is -0.119. The molecular formula is C19H21N3O6S. The summed E-state index contributed by atoms with van der Waals surface area (Å²) < 4.78 is 10.0. The highest BCUT2D eigenvalue weighted by Gasteiger charge is 2.22. The average Bonchev–Trinajstić information content (AvgIpc) is 2.93. The molecular weight excluding hydrogens is 398 g/mol. The molecule has 0 atom stereocenters. The van der Waals surface area contributed by atoms with Gasteiger partial charge in [0.15, 0.2) is 6.61 Å². The third-order valence-electron chi connectivity index (χ3n) is 3.84. The van der Waals surface area contributed by atoms with E-state index in [0.29, 0.717) is 16.3 Å². The number of urea groups is 1. The van der Waals surface area contributed by atoms with Gasteiger partial charge in [0.25, 0.3) is 5.91 Å². The lowest BCUT2D eigenvalue weighted by Gasteiger charge is -2.08. The average molecular weight is 419 g/mol. The highest BCUT2D eigenvalue weighted by Crippen LogP contribution is 2.33. The molecule has 1 aromatic carbocycles. The van der Waals surface area contributed by atoms with E-state index in [1.807, 2.05) is 6.92 Å². The lowest BCUT2D eigenvalue weighted by atomic mass is 10.1. The van der Waals surface area contributed by atoms with Crippen molar-refractivity contribution in [3.8, 4) is 0 Å². The largest absolute Gasteiger partial charge is 0.462 e. The third kappa shape index (κ3) is 5.79. The number of aryl methyl sites for hydroxylation is 1. The predicted molar refractivity (Wildman–Crippen MR) is 108 cm³/mol. The molecule has 0 spiro atoms. The van der Waals surface area contributed by atoms with Gasteiger partial charge >= 0.3 is 18.0 Å². The van der Waals surface area contributed by atoms with Gasteiger partial charge in [-0.1, -0.05) is 0 Å². The Hall–Kier alpha value is -3.40. The second-order valence-electron chi connectivity index (χ2n) is 5.90. The van der Waals surface area contributed by atoms with Gasteiger partial charge in [0.05, 0.1) is 17.7 Å². The van der Waals surface area contributed by atoms with Gasteiger partial charge in [-0.3, -0.25) is 4.79 Å². The standard InChI is InChI=1S/C19H21N3O6S/c1-4-27-18(25)15-10(2)11(3)29-16(15)22-14(23)9-28-17(24)12-5-7-13(8-6-12)21-19(20)26/h5-8H,4,9H2,1-3H3,(H,22,23)(H3,20,21,26). The van der Waals surface area contributed by atoms with Gasteiger partial charge in [-0.05, 0) is 50.6 Å². The Bertz CT molecular complexity index is 936. The molecule has 1 heterocycles. The summed E-state index contributed by atoms with van der Waals surface area (Å²) in [6.45, 7) is 4.98. The Kier molecular flexibility index (Phi) is 7.32. The van der Waals surface area contributed by atoms with Crippen molar-refractivity contribution in [1.82, 2.24) is 0 Å². The number of rotatable bonds is 7. The van der Waals surface area contributed by atoms with Crippen LogP contribution in [0.1, 0.15) is 38.1 Å². The number of nitrogens with one attached hydrogen (secondary N) is 2. The molecule has 0 saturated heterocycles. The molecule has 0 radical (unpaired) electrons. The van der Waals surface area contributed by atoms with E-state index in [2.05, 4.69) is 10.6 Å². The van der Waals surface area contributed by atoms with Gasteiger partial charge in [-0.25, -0.2) is 14.4 Å². The first-order chi connectivity index (χ1) is 13.7. The van der Waals surface area contributed by atoms with Gasteiger partial charge in [-0.15, -0.1) is 11.3 Å². The number of thiophene rings is 1. The van der Waals surface area contributed by atoms with Crippen molar-refractivity contribution in [3.63, 3.8) is 0 Å². The number of carbonyl (C=O) groups is 4. The molecule has 2 rings (SSSR count). The molecule has 154 valence electrons. The number of nitrogens with two attached hydrogens (primary N) is 1. The summed E-state index contributed by atoms with van der Waals surface area (Å²) in [5.41, 5.74) is 6.65. The van der Waals surface area contributed by atoms with Crippen LogP contribution in [0.3, 0.4) is 0 Å². The maximum atomic E-state index is 12.2. The maximum absolute atomic E-state index is 12.2. The van der Waals surface area contributed by atoms with Crippen LogP contribution in [-0.4, -0.2) is 37.1 Å². The molecule has 10 heteroatoms. The van der Waals surface area contributed by atoms with Crippen molar-refractivity contribution in [2.75, 3.05) is 23.8 Å². The highest BCUT2D eigenvalue weighted by atomic mass is 32.1. The molecule has 1 aromatic heterocycles. The Morgan fingerprint density at radius 1 is 1.00 bits per heavy atom. The maximum Gasteiger partial charge on any atom is 0.341 e. The first-order valence-corrected chi connectivity index (χ1v) is 9.45. The minimum atomic E-state index is -0.724. The number of hydrogen-bond donors (Lipinski definition) is 3.